The lowest BCUT2D eigenvalue weighted by Gasteiger charge is -2.09. The van der Waals surface area contributed by atoms with E-state index in [1.165, 1.54) is 10.8 Å². The first-order valence-corrected chi connectivity index (χ1v) is 5.76. The minimum Gasteiger partial charge on any atom is -0.357 e. The van der Waals surface area contributed by atoms with Crippen LogP contribution in [0.25, 0.3) is 10.8 Å². The number of nitrogens with zero attached hydrogens (tertiary/aromatic N) is 1. The molecule has 1 heterocycles. The van der Waals surface area contributed by atoms with Gasteiger partial charge in [0.05, 0.1) is 11.4 Å². The fourth-order valence-corrected chi connectivity index (χ4v) is 2.21. The van der Waals surface area contributed by atoms with Crippen LogP contribution in [-0.2, 0) is 0 Å². The van der Waals surface area contributed by atoms with Gasteiger partial charge in [0.1, 0.15) is 0 Å². The number of anilines is 1. The molecule has 0 atom stereocenters. The maximum absolute atomic E-state index is 4.62. The van der Waals surface area contributed by atoms with E-state index < -0.39 is 0 Å². The normalized spacial score (nSPS) is 13.7. The fraction of sp³-hybridized carbons (Fsp3) is 0.133. The SMILES string of the molecule is CC1=CC(C)=Nc2cc3ccccc3cc2N1.Cl. The van der Waals surface area contributed by atoms with E-state index in [0.717, 1.165) is 22.8 Å². The molecule has 0 aromatic heterocycles. The highest BCUT2D eigenvalue weighted by Crippen LogP contribution is 2.33. The van der Waals surface area contributed by atoms with Crippen molar-refractivity contribution in [3.8, 4) is 0 Å². The molecule has 0 amide bonds. The number of rotatable bonds is 0. The van der Waals surface area contributed by atoms with Gasteiger partial charge in [-0.1, -0.05) is 24.3 Å². The maximum Gasteiger partial charge on any atom is 0.0873 e. The number of allylic oxidation sites excluding steroid dienone is 2. The molecule has 1 aliphatic rings. The number of halogens is 1. The van der Waals surface area contributed by atoms with Crippen LogP contribution in [0.3, 0.4) is 0 Å². The van der Waals surface area contributed by atoms with Crippen molar-refractivity contribution in [2.75, 3.05) is 5.32 Å². The zero-order valence-electron chi connectivity index (χ0n) is 10.4. The summed E-state index contributed by atoms with van der Waals surface area (Å²) in [5.74, 6) is 0. The third-order valence-corrected chi connectivity index (χ3v) is 2.92. The van der Waals surface area contributed by atoms with E-state index in [1.54, 1.807) is 0 Å². The smallest absolute Gasteiger partial charge is 0.0873 e. The average Bonchev–Trinajstić information content (AvgIpc) is 2.42. The molecule has 18 heavy (non-hydrogen) atoms. The summed E-state index contributed by atoms with van der Waals surface area (Å²) in [4.78, 5) is 4.62. The van der Waals surface area contributed by atoms with Gasteiger partial charge in [-0.2, -0.15) is 0 Å². The molecule has 2 nitrogen and oxygen atoms in total. The predicted octanol–water partition coefficient (Wildman–Crippen LogP) is 4.68. The number of nitrogens with one attached hydrogen (secondary N) is 1. The van der Waals surface area contributed by atoms with Crippen LogP contribution in [0, 0.1) is 0 Å². The van der Waals surface area contributed by atoms with Gasteiger partial charge in [0, 0.05) is 11.4 Å². The van der Waals surface area contributed by atoms with Crippen molar-refractivity contribution in [3.63, 3.8) is 0 Å². The fourth-order valence-electron chi connectivity index (χ4n) is 2.21. The summed E-state index contributed by atoms with van der Waals surface area (Å²) in [6.07, 6.45) is 2.06. The van der Waals surface area contributed by atoms with Crippen molar-refractivity contribution in [2.45, 2.75) is 13.8 Å². The standard InChI is InChI=1S/C15H14N2.ClH/c1-10-7-11(2)17-15-9-13-6-4-3-5-12(13)8-14(15)16-10;/h3-9,16H,1-2H3;1H. The summed E-state index contributed by atoms with van der Waals surface area (Å²) < 4.78 is 0. The van der Waals surface area contributed by atoms with Crippen molar-refractivity contribution >= 4 is 40.3 Å². The molecular weight excluding hydrogens is 244 g/mol. The Hall–Kier alpha value is -1.80. The molecule has 1 aliphatic heterocycles. The molecule has 92 valence electrons. The zero-order chi connectivity index (χ0) is 11.8. The molecule has 1 N–H and O–H groups in total. The third-order valence-electron chi connectivity index (χ3n) is 2.92. The first-order chi connectivity index (χ1) is 8.22. The molecule has 0 saturated carbocycles. The van der Waals surface area contributed by atoms with Gasteiger partial charge < -0.3 is 5.32 Å². The first kappa shape index (κ1) is 12.7. The van der Waals surface area contributed by atoms with Gasteiger partial charge in [0.25, 0.3) is 0 Å². The van der Waals surface area contributed by atoms with E-state index in [-0.39, 0.29) is 12.4 Å². The van der Waals surface area contributed by atoms with Crippen LogP contribution >= 0.6 is 12.4 Å². The van der Waals surface area contributed by atoms with Crippen LogP contribution in [0.4, 0.5) is 11.4 Å². The molecule has 0 aliphatic carbocycles. The Kier molecular flexibility index (Phi) is 3.39. The van der Waals surface area contributed by atoms with Crippen molar-refractivity contribution in [1.82, 2.24) is 0 Å². The Morgan fingerprint density at radius 3 is 2.39 bits per heavy atom. The lowest BCUT2D eigenvalue weighted by molar-refractivity contribution is 1.40. The summed E-state index contributed by atoms with van der Waals surface area (Å²) in [6.45, 7) is 4.08. The Morgan fingerprint density at radius 2 is 1.67 bits per heavy atom. The van der Waals surface area contributed by atoms with Gasteiger partial charge in [-0.3, -0.25) is 4.99 Å². The second-order valence-electron chi connectivity index (χ2n) is 4.42. The highest BCUT2D eigenvalue weighted by molar-refractivity contribution is 6.00. The molecule has 0 bridgehead atoms. The molecule has 0 saturated heterocycles. The van der Waals surface area contributed by atoms with Gasteiger partial charge in [0.15, 0.2) is 0 Å². The quantitative estimate of drug-likeness (QED) is 0.729. The van der Waals surface area contributed by atoms with Gasteiger partial charge in [-0.15, -0.1) is 12.4 Å². The monoisotopic (exact) mass is 258 g/mol. The lowest BCUT2D eigenvalue weighted by atomic mass is 10.1. The van der Waals surface area contributed by atoms with E-state index in [2.05, 4.69) is 59.7 Å². The van der Waals surface area contributed by atoms with Crippen molar-refractivity contribution in [1.29, 1.82) is 0 Å². The first-order valence-electron chi connectivity index (χ1n) is 5.76. The van der Waals surface area contributed by atoms with E-state index >= 15 is 0 Å². The highest BCUT2D eigenvalue weighted by Gasteiger charge is 2.07. The molecule has 0 spiro atoms. The van der Waals surface area contributed by atoms with Gasteiger partial charge >= 0.3 is 0 Å². The van der Waals surface area contributed by atoms with Crippen LogP contribution in [0.15, 0.2) is 53.2 Å². The van der Waals surface area contributed by atoms with Crippen LogP contribution in [0.2, 0.25) is 0 Å². The molecule has 3 heteroatoms. The second kappa shape index (κ2) is 4.83. The number of hydrogen-bond acceptors (Lipinski definition) is 2. The van der Waals surface area contributed by atoms with Crippen LogP contribution in [-0.4, -0.2) is 5.71 Å². The van der Waals surface area contributed by atoms with E-state index in [9.17, 15) is 0 Å². The highest BCUT2D eigenvalue weighted by atomic mass is 35.5. The Balaban J connectivity index is 0.00000120. The summed E-state index contributed by atoms with van der Waals surface area (Å²) in [5.41, 5.74) is 4.24. The van der Waals surface area contributed by atoms with Crippen molar-refractivity contribution in [2.24, 2.45) is 4.99 Å². The molecule has 0 radical (unpaired) electrons. The largest absolute Gasteiger partial charge is 0.357 e. The minimum atomic E-state index is 0. The summed E-state index contributed by atoms with van der Waals surface area (Å²) in [6, 6.07) is 12.6. The molecule has 2 aromatic rings. The zero-order valence-corrected chi connectivity index (χ0v) is 11.2. The average molecular weight is 259 g/mol. The molecule has 3 rings (SSSR count). The number of hydrogen-bond donors (Lipinski definition) is 1. The predicted molar refractivity (Wildman–Crippen MR) is 81.3 cm³/mol. The summed E-state index contributed by atoms with van der Waals surface area (Å²) in [7, 11) is 0. The number of benzene rings is 2. The van der Waals surface area contributed by atoms with Crippen molar-refractivity contribution < 1.29 is 0 Å². The Labute approximate surface area is 113 Å². The summed E-state index contributed by atoms with van der Waals surface area (Å²) in [5, 5.41) is 5.85. The molecule has 0 unspecified atom stereocenters. The van der Waals surface area contributed by atoms with E-state index in [0.29, 0.717) is 0 Å². The summed E-state index contributed by atoms with van der Waals surface area (Å²) >= 11 is 0. The van der Waals surface area contributed by atoms with Crippen LogP contribution < -0.4 is 5.32 Å². The third kappa shape index (κ3) is 2.24. The van der Waals surface area contributed by atoms with Crippen molar-refractivity contribution in [3.05, 3.63) is 48.2 Å². The number of aliphatic imine (C=N–C) groups is 1. The van der Waals surface area contributed by atoms with E-state index in [4.69, 9.17) is 0 Å². The van der Waals surface area contributed by atoms with Gasteiger partial charge in [-0.25, -0.2) is 0 Å². The van der Waals surface area contributed by atoms with Crippen LogP contribution in [0.5, 0.6) is 0 Å². The topological polar surface area (TPSA) is 24.4 Å². The number of fused-ring (bicyclic) bond motifs is 2. The molecule has 0 fully saturated rings. The Morgan fingerprint density at radius 1 is 1.00 bits per heavy atom. The van der Waals surface area contributed by atoms with Crippen LogP contribution in [0.1, 0.15) is 13.8 Å². The maximum atomic E-state index is 4.62. The van der Waals surface area contributed by atoms with E-state index in [1.807, 2.05) is 6.92 Å². The Bertz CT molecular complexity index is 657. The molecular formula is C15H15ClN2. The minimum absolute atomic E-state index is 0. The lowest BCUT2D eigenvalue weighted by Crippen LogP contribution is -1.95. The van der Waals surface area contributed by atoms with Gasteiger partial charge in [-0.05, 0) is 42.8 Å². The molecule has 2 aromatic carbocycles. The van der Waals surface area contributed by atoms with Gasteiger partial charge in [0.2, 0.25) is 0 Å². The second-order valence-corrected chi connectivity index (χ2v) is 4.42.